The minimum atomic E-state index is -4.52. The van der Waals surface area contributed by atoms with E-state index in [1.807, 2.05) is 0 Å². The number of hydrogen-bond acceptors (Lipinski definition) is 3. The fraction of sp³-hybridized carbons (Fsp3) is 0.286. The molecule has 0 spiro atoms. The molecule has 210 valence electrons. The molecule has 0 saturated carbocycles. The summed E-state index contributed by atoms with van der Waals surface area (Å²) < 4.78 is 77.6. The molecule has 39 heavy (non-hydrogen) atoms. The number of aliphatic carboxylic acids is 1. The summed E-state index contributed by atoms with van der Waals surface area (Å²) in [5, 5.41) is 10.2. The molecular weight excluding hydrogens is 526 g/mol. The molecule has 2 unspecified atom stereocenters. The van der Waals surface area contributed by atoms with Gasteiger partial charge >= 0.3 is 12.4 Å². The van der Waals surface area contributed by atoms with E-state index in [1.165, 1.54) is 24.3 Å². The van der Waals surface area contributed by atoms with Crippen molar-refractivity contribution < 1.29 is 41.0 Å². The molecule has 3 aromatic rings. The van der Waals surface area contributed by atoms with E-state index in [4.69, 9.17) is 15.6 Å². The molecule has 0 aromatic heterocycles. The van der Waals surface area contributed by atoms with E-state index in [0.717, 1.165) is 31.2 Å². The Hall–Kier alpha value is -3.86. The zero-order valence-electron chi connectivity index (χ0n) is 21.3. The summed E-state index contributed by atoms with van der Waals surface area (Å²) in [6.45, 7) is 4.25. The van der Waals surface area contributed by atoms with E-state index in [9.17, 15) is 31.1 Å². The van der Waals surface area contributed by atoms with E-state index in [1.54, 1.807) is 44.2 Å². The van der Waals surface area contributed by atoms with Crippen LogP contribution in [0, 0.1) is 0 Å². The molecule has 0 radical (unpaired) electrons. The van der Waals surface area contributed by atoms with Crippen LogP contribution in [0.4, 0.5) is 26.3 Å². The fourth-order valence-corrected chi connectivity index (χ4v) is 3.94. The van der Waals surface area contributed by atoms with Crippen LogP contribution in [0.25, 0.3) is 0 Å². The average molecular weight is 555 g/mol. The van der Waals surface area contributed by atoms with Gasteiger partial charge in [-0.05, 0) is 54.8 Å². The summed E-state index contributed by atoms with van der Waals surface area (Å²) in [5.41, 5.74) is 4.84. The summed E-state index contributed by atoms with van der Waals surface area (Å²) in [7, 11) is 0. The third-order valence-corrected chi connectivity index (χ3v) is 5.93. The third kappa shape index (κ3) is 8.57. The predicted octanol–water partition coefficient (Wildman–Crippen LogP) is 6.65. The largest absolute Gasteiger partial charge is 0.481 e. The van der Waals surface area contributed by atoms with Crippen molar-refractivity contribution in [3.05, 3.63) is 107 Å². The maximum Gasteiger partial charge on any atom is 0.416 e. The lowest BCUT2D eigenvalue weighted by molar-refractivity contribution is -0.138. The molecule has 0 aliphatic rings. The van der Waals surface area contributed by atoms with Gasteiger partial charge in [-0.25, -0.2) is 0 Å². The molecule has 0 saturated heterocycles. The van der Waals surface area contributed by atoms with Gasteiger partial charge < -0.3 is 16.2 Å². The smallest absolute Gasteiger partial charge is 0.416 e. The van der Waals surface area contributed by atoms with Gasteiger partial charge in [0, 0.05) is 6.92 Å². The van der Waals surface area contributed by atoms with Gasteiger partial charge in [-0.3, -0.25) is 9.59 Å². The first-order valence-electron chi connectivity index (χ1n) is 11.6. The quantitative estimate of drug-likeness (QED) is 0.298. The van der Waals surface area contributed by atoms with E-state index in [2.05, 4.69) is 5.32 Å². The highest BCUT2D eigenvalue weighted by Gasteiger charge is 2.40. The second kappa shape index (κ2) is 12.3. The maximum atomic E-state index is 13.4. The summed E-state index contributed by atoms with van der Waals surface area (Å²) in [6, 6.07) is 16.6. The minimum Gasteiger partial charge on any atom is -0.481 e. The van der Waals surface area contributed by atoms with Crippen molar-refractivity contribution in [2.24, 2.45) is 5.73 Å². The average Bonchev–Trinajstić information content (AvgIpc) is 2.83. The normalized spacial score (nSPS) is 14.7. The summed E-state index contributed by atoms with van der Waals surface area (Å²) in [4.78, 5) is 22.4. The molecule has 3 rings (SSSR count). The number of nitrogens with two attached hydrogens (primary N) is 1. The van der Waals surface area contributed by atoms with E-state index in [-0.39, 0.29) is 0 Å². The van der Waals surface area contributed by atoms with Gasteiger partial charge in [-0.2, -0.15) is 26.3 Å². The van der Waals surface area contributed by atoms with Crippen LogP contribution in [0.5, 0.6) is 0 Å². The van der Waals surface area contributed by atoms with Gasteiger partial charge in [-0.15, -0.1) is 0 Å². The van der Waals surface area contributed by atoms with Crippen LogP contribution in [-0.4, -0.2) is 17.0 Å². The van der Waals surface area contributed by atoms with Crippen molar-refractivity contribution in [1.82, 2.24) is 5.32 Å². The first-order valence-corrected chi connectivity index (χ1v) is 11.6. The lowest BCUT2D eigenvalue weighted by atomic mass is 9.75. The number of carboxylic acids is 1. The Morgan fingerprint density at radius 2 is 1.13 bits per heavy atom. The van der Waals surface area contributed by atoms with Crippen molar-refractivity contribution >= 4 is 11.9 Å². The maximum absolute atomic E-state index is 13.4. The number of carbonyl (C=O) groups excluding carboxylic acids is 1. The number of carboxylic acid groups (broad SMARTS) is 1. The lowest BCUT2D eigenvalue weighted by Gasteiger charge is -2.35. The van der Waals surface area contributed by atoms with Gasteiger partial charge in [0.15, 0.2) is 0 Å². The standard InChI is InChI=1S/C26H24F6N2O.C2H4O2/c1-16(17-8-10-20(11-9-17)25(27,28)29)34-23(35)22(18-6-4-3-5-7-18)24(2,33)19-12-14-21(15-13-19)26(30,31)32;1-2(3)4/h3-16,22H,33H2,1-2H3,(H,34,35);1H3,(H,3,4)/t16?,22?,24-;/m0./s1. The number of carbonyl (C=O) groups is 2. The van der Waals surface area contributed by atoms with Gasteiger partial charge in [0.1, 0.15) is 0 Å². The first-order chi connectivity index (χ1) is 17.9. The number of hydrogen-bond donors (Lipinski definition) is 3. The molecule has 0 bridgehead atoms. The van der Waals surface area contributed by atoms with Crippen molar-refractivity contribution in [2.45, 2.75) is 50.6 Å². The monoisotopic (exact) mass is 554 g/mol. The topological polar surface area (TPSA) is 92.4 Å². The van der Waals surface area contributed by atoms with Crippen molar-refractivity contribution in [3.8, 4) is 0 Å². The second-order valence-corrected chi connectivity index (χ2v) is 9.07. The fourth-order valence-electron chi connectivity index (χ4n) is 3.94. The SMILES string of the molecule is CC(=O)O.CC(NC(=O)C(c1ccccc1)[C@@](C)(N)c1ccc(C(F)(F)F)cc1)c1ccc(C(F)(F)F)cc1. The molecule has 0 heterocycles. The van der Waals surface area contributed by atoms with Crippen LogP contribution >= 0.6 is 0 Å². The van der Waals surface area contributed by atoms with E-state index < -0.39 is 52.9 Å². The Bertz CT molecular complexity index is 1240. The summed E-state index contributed by atoms with van der Waals surface area (Å²) in [5.74, 6) is -2.36. The highest BCUT2D eigenvalue weighted by Crippen LogP contribution is 2.37. The molecule has 3 aromatic carbocycles. The van der Waals surface area contributed by atoms with Crippen LogP contribution in [0.3, 0.4) is 0 Å². The first kappa shape index (κ1) is 31.4. The van der Waals surface area contributed by atoms with Gasteiger partial charge in [0.2, 0.25) is 5.91 Å². The Balaban J connectivity index is 0.00000124. The number of nitrogens with one attached hydrogen (secondary N) is 1. The van der Waals surface area contributed by atoms with E-state index in [0.29, 0.717) is 16.7 Å². The number of halogens is 6. The zero-order chi connectivity index (χ0) is 29.6. The predicted molar refractivity (Wildman–Crippen MR) is 133 cm³/mol. The highest BCUT2D eigenvalue weighted by molar-refractivity contribution is 5.86. The van der Waals surface area contributed by atoms with Crippen molar-refractivity contribution in [1.29, 1.82) is 0 Å². The minimum absolute atomic E-state index is 0.316. The number of alkyl halides is 6. The molecule has 11 heteroatoms. The Kier molecular flexibility index (Phi) is 9.92. The molecule has 0 aliphatic carbocycles. The van der Waals surface area contributed by atoms with Crippen LogP contribution in [-0.2, 0) is 27.5 Å². The highest BCUT2D eigenvalue weighted by atomic mass is 19.4. The molecule has 1 amide bonds. The van der Waals surface area contributed by atoms with Crippen LogP contribution < -0.4 is 11.1 Å². The Morgan fingerprint density at radius 1 is 0.744 bits per heavy atom. The van der Waals surface area contributed by atoms with Crippen molar-refractivity contribution in [2.75, 3.05) is 0 Å². The molecule has 5 nitrogen and oxygen atoms in total. The molecule has 4 N–H and O–H groups in total. The Labute approximate surface area is 221 Å². The summed E-state index contributed by atoms with van der Waals surface area (Å²) in [6.07, 6.45) is -9.00. The van der Waals surface area contributed by atoms with Crippen LogP contribution in [0.15, 0.2) is 78.9 Å². The number of amides is 1. The molecule has 3 atom stereocenters. The molecule has 0 fully saturated rings. The van der Waals surface area contributed by atoms with Crippen LogP contribution in [0.2, 0.25) is 0 Å². The van der Waals surface area contributed by atoms with Gasteiger partial charge in [0.25, 0.3) is 5.97 Å². The zero-order valence-corrected chi connectivity index (χ0v) is 21.3. The van der Waals surface area contributed by atoms with Gasteiger partial charge in [0.05, 0.1) is 28.6 Å². The second-order valence-electron chi connectivity index (χ2n) is 9.07. The lowest BCUT2D eigenvalue weighted by Crippen LogP contribution is -2.47. The third-order valence-electron chi connectivity index (χ3n) is 5.93. The van der Waals surface area contributed by atoms with E-state index >= 15 is 0 Å². The van der Waals surface area contributed by atoms with Gasteiger partial charge in [-0.1, -0.05) is 54.6 Å². The molecular formula is C28H28F6N2O3. The summed E-state index contributed by atoms with van der Waals surface area (Å²) >= 11 is 0. The van der Waals surface area contributed by atoms with Crippen molar-refractivity contribution in [3.63, 3.8) is 0 Å². The number of benzene rings is 3. The molecule has 0 aliphatic heterocycles. The van der Waals surface area contributed by atoms with Crippen LogP contribution in [0.1, 0.15) is 60.5 Å². The number of rotatable bonds is 6. The Morgan fingerprint density at radius 3 is 1.54 bits per heavy atom.